The number of amides is 1. The zero-order valence-electron chi connectivity index (χ0n) is 41.3. The molecule has 0 saturated carbocycles. The first kappa shape index (κ1) is 59.8. The van der Waals surface area contributed by atoms with E-state index in [1.54, 1.807) is 0 Å². The molecule has 362 valence electrons. The molecule has 6 heteroatoms. The van der Waals surface area contributed by atoms with Crippen molar-refractivity contribution < 1.29 is 24.5 Å². The monoisotopic (exact) mass is 870 g/mol. The van der Waals surface area contributed by atoms with Crippen LogP contribution in [0.15, 0.2) is 48.6 Å². The Labute approximate surface area is 385 Å². The number of carbonyl (C=O) groups is 2. The van der Waals surface area contributed by atoms with Crippen molar-refractivity contribution in [1.29, 1.82) is 0 Å². The summed E-state index contributed by atoms with van der Waals surface area (Å²) in [5.41, 5.74) is 0. The molecule has 0 fully saturated rings. The number of aliphatic hydroxyl groups is 2. The summed E-state index contributed by atoms with van der Waals surface area (Å²) >= 11 is 0. The average molecular weight is 870 g/mol. The van der Waals surface area contributed by atoms with Gasteiger partial charge < -0.3 is 20.3 Å². The van der Waals surface area contributed by atoms with Crippen LogP contribution in [0.5, 0.6) is 0 Å². The maximum Gasteiger partial charge on any atom is 0.306 e. The molecule has 0 aromatic rings. The third-order valence-electron chi connectivity index (χ3n) is 12.2. The van der Waals surface area contributed by atoms with E-state index < -0.39 is 18.2 Å². The van der Waals surface area contributed by atoms with Gasteiger partial charge in [0, 0.05) is 12.8 Å². The number of unbranched alkanes of at least 4 members (excludes halogenated alkanes) is 29. The second kappa shape index (κ2) is 49.8. The molecular weight excluding hydrogens is 767 g/mol. The molecular formula is C56H103NO5. The highest BCUT2D eigenvalue weighted by atomic mass is 16.5. The highest BCUT2D eigenvalue weighted by Crippen LogP contribution is 2.17. The summed E-state index contributed by atoms with van der Waals surface area (Å²) in [7, 11) is 0. The van der Waals surface area contributed by atoms with Gasteiger partial charge in [-0.3, -0.25) is 9.59 Å². The highest BCUT2D eigenvalue weighted by molar-refractivity contribution is 5.77. The molecule has 3 atom stereocenters. The van der Waals surface area contributed by atoms with E-state index >= 15 is 0 Å². The quantitative estimate of drug-likeness (QED) is 0.0322. The Morgan fingerprint density at radius 3 is 1.29 bits per heavy atom. The lowest BCUT2D eigenvalue weighted by Crippen LogP contribution is -2.46. The number of hydrogen-bond donors (Lipinski definition) is 3. The van der Waals surface area contributed by atoms with E-state index in [1.807, 2.05) is 6.08 Å². The number of carbonyl (C=O) groups excluding carboxylic acids is 2. The molecule has 0 saturated heterocycles. The van der Waals surface area contributed by atoms with Crippen LogP contribution in [0.25, 0.3) is 0 Å². The van der Waals surface area contributed by atoms with E-state index in [-0.39, 0.29) is 24.9 Å². The molecule has 1 amide bonds. The van der Waals surface area contributed by atoms with E-state index in [2.05, 4.69) is 68.6 Å². The largest absolute Gasteiger partial charge is 0.461 e. The Hall–Kier alpha value is -2.18. The van der Waals surface area contributed by atoms with E-state index in [4.69, 9.17) is 4.74 Å². The van der Waals surface area contributed by atoms with Crippen molar-refractivity contribution in [3.05, 3.63) is 48.6 Å². The standard InChI is InChI=1S/C56H103NO5/c1-4-7-10-13-16-19-22-25-27-30-32-35-38-41-44-47-52(62-56(61)49-46-43-40-37-34-29-24-21-18-15-12-9-6-3)50-55(60)57-53(51-58)54(59)48-45-42-39-36-33-31-28-26-23-20-17-14-11-8-5-2/h16,19,25,27,32,35,41,44,52-54,58-59H,4-15,17-18,20-24,26,28-31,33-34,36-40,42-43,45-51H2,1-3H3,(H,57,60)/b19-16-,27-25-,35-32-,44-41-. The number of aliphatic hydroxyl groups excluding tert-OH is 2. The Balaban J connectivity index is 4.66. The molecule has 0 aliphatic carbocycles. The van der Waals surface area contributed by atoms with E-state index in [0.29, 0.717) is 19.3 Å². The Kier molecular flexibility index (Phi) is 48.1. The van der Waals surface area contributed by atoms with Gasteiger partial charge in [-0.25, -0.2) is 0 Å². The number of nitrogens with one attached hydrogen (secondary N) is 1. The molecule has 6 nitrogen and oxygen atoms in total. The summed E-state index contributed by atoms with van der Waals surface area (Å²) in [5.74, 6) is -0.567. The molecule has 0 rings (SSSR count). The number of esters is 1. The first-order valence-corrected chi connectivity index (χ1v) is 26.9. The van der Waals surface area contributed by atoms with Gasteiger partial charge in [-0.15, -0.1) is 0 Å². The molecule has 0 spiro atoms. The summed E-state index contributed by atoms with van der Waals surface area (Å²) in [6.07, 6.45) is 60.4. The zero-order chi connectivity index (χ0) is 45.2. The van der Waals surface area contributed by atoms with Gasteiger partial charge in [-0.05, 0) is 44.9 Å². The van der Waals surface area contributed by atoms with Gasteiger partial charge >= 0.3 is 5.97 Å². The van der Waals surface area contributed by atoms with Crippen molar-refractivity contribution in [3.63, 3.8) is 0 Å². The lowest BCUT2D eigenvalue weighted by atomic mass is 10.0. The van der Waals surface area contributed by atoms with Crippen molar-refractivity contribution in [2.24, 2.45) is 0 Å². The highest BCUT2D eigenvalue weighted by Gasteiger charge is 2.23. The van der Waals surface area contributed by atoms with Crippen molar-refractivity contribution in [2.45, 2.75) is 289 Å². The van der Waals surface area contributed by atoms with Gasteiger partial charge in [0.05, 0.1) is 25.2 Å². The maximum atomic E-state index is 13.2. The van der Waals surface area contributed by atoms with Crippen LogP contribution in [-0.4, -0.2) is 46.9 Å². The third-order valence-corrected chi connectivity index (χ3v) is 12.2. The molecule has 0 aromatic heterocycles. The first-order valence-electron chi connectivity index (χ1n) is 26.9. The molecule has 0 aliphatic rings. The second-order valence-electron chi connectivity index (χ2n) is 18.3. The van der Waals surface area contributed by atoms with Gasteiger partial charge in [0.1, 0.15) is 6.10 Å². The van der Waals surface area contributed by atoms with Crippen LogP contribution in [0.3, 0.4) is 0 Å². The van der Waals surface area contributed by atoms with Crippen LogP contribution < -0.4 is 5.32 Å². The van der Waals surface area contributed by atoms with Gasteiger partial charge in [-0.2, -0.15) is 0 Å². The van der Waals surface area contributed by atoms with Gasteiger partial charge in [0.15, 0.2) is 0 Å². The number of allylic oxidation sites excluding steroid dienone is 7. The van der Waals surface area contributed by atoms with Gasteiger partial charge in [0.25, 0.3) is 0 Å². The predicted molar refractivity (Wildman–Crippen MR) is 269 cm³/mol. The number of ether oxygens (including phenoxy) is 1. The summed E-state index contributed by atoms with van der Waals surface area (Å²) < 4.78 is 5.87. The van der Waals surface area contributed by atoms with Crippen LogP contribution in [0.4, 0.5) is 0 Å². The molecule has 0 aliphatic heterocycles. The molecule has 0 heterocycles. The molecule has 3 unspecified atom stereocenters. The average Bonchev–Trinajstić information content (AvgIpc) is 3.26. The molecule has 0 radical (unpaired) electrons. The minimum absolute atomic E-state index is 0.00451. The van der Waals surface area contributed by atoms with Crippen molar-refractivity contribution >= 4 is 11.9 Å². The Morgan fingerprint density at radius 2 is 0.855 bits per heavy atom. The predicted octanol–water partition coefficient (Wildman–Crippen LogP) is 16.2. The molecule has 0 aromatic carbocycles. The minimum Gasteiger partial charge on any atom is -0.461 e. The molecule has 0 bridgehead atoms. The van der Waals surface area contributed by atoms with E-state index in [0.717, 1.165) is 57.8 Å². The molecule has 62 heavy (non-hydrogen) atoms. The lowest BCUT2D eigenvalue weighted by Gasteiger charge is -2.24. The fourth-order valence-corrected chi connectivity index (χ4v) is 8.06. The Bertz CT molecular complexity index is 1070. The van der Waals surface area contributed by atoms with Crippen LogP contribution >= 0.6 is 0 Å². The van der Waals surface area contributed by atoms with Crippen molar-refractivity contribution in [1.82, 2.24) is 5.32 Å². The molecule has 3 N–H and O–H groups in total. The third kappa shape index (κ3) is 44.4. The van der Waals surface area contributed by atoms with Gasteiger partial charge in [0.2, 0.25) is 5.91 Å². The number of hydrogen-bond acceptors (Lipinski definition) is 5. The fourth-order valence-electron chi connectivity index (χ4n) is 8.06. The maximum absolute atomic E-state index is 13.2. The second-order valence-corrected chi connectivity index (χ2v) is 18.3. The van der Waals surface area contributed by atoms with E-state index in [1.165, 1.54) is 167 Å². The zero-order valence-corrected chi connectivity index (χ0v) is 41.3. The number of rotatable bonds is 48. The fraction of sp³-hybridized carbons (Fsp3) is 0.821. The SMILES string of the molecule is CCCCC/C=C\C/C=C\C/C=C\C/C=C\CC(CC(=O)NC(CO)C(O)CCCCCCCCCCCCCCCCC)OC(=O)CCCCCCCCCCCCCCC. The van der Waals surface area contributed by atoms with Crippen LogP contribution in [-0.2, 0) is 14.3 Å². The van der Waals surface area contributed by atoms with E-state index in [9.17, 15) is 19.8 Å². The van der Waals surface area contributed by atoms with Crippen LogP contribution in [0.1, 0.15) is 271 Å². The minimum atomic E-state index is -0.809. The summed E-state index contributed by atoms with van der Waals surface area (Å²) in [6, 6.07) is -0.729. The first-order chi connectivity index (χ1) is 30.5. The van der Waals surface area contributed by atoms with Gasteiger partial charge in [-0.1, -0.05) is 256 Å². The summed E-state index contributed by atoms with van der Waals surface area (Å²) in [5, 5.41) is 23.8. The van der Waals surface area contributed by atoms with Crippen LogP contribution in [0, 0.1) is 0 Å². The summed E-state index contributed by atoms with van der Waals surface area (Å²) in [4.78, 5) is 26.1. The lowest BCUT2D eigenvalue weighted by molar-refractivity contribution is -0.150. The topological polar surface area (TPSA) is 95.9 Å². The van der Waals surface area contributed by atoms with Crippen molar-refractivity contribution in [3.8, 4) is 0 Å². The summed E-state index contributed by atoms with van der Waals surface area (Å²) in [6.45, 7) is 6.44. The normalized spacial score (nSPS) is 13.6. The van der Waals surface area contributed by atoms with Crippen molar-refractivity contribution in [2.75, 3.05) is 6.61 Å². The van der Waals surface area contributed by atoms with Crippen LogP contribution in [0.2, 0.25) is 0 Å². The Morgan fingerprint density at radius 1 is 0.484 bits per heavy atom. The smallest absolute Gasteiger partial charge is 0.306 e.